The van der Waals surface area contributed by atoms with Gasteiger partial charge in [0.1, 0.15) is 0 Å². The Balaban J connectivity index is 3.16. The molecular weight excluding hydrogens is 213 g/mol. The Labute approximate surface area is 80.8 Å². The molecule has 0 saturated heterocycles. The van der Waals surface area contributed by atoms with Gasteiger partial charge in [-0.25, -0.2) is 4.98 Å². The summed E-state index contributed by atoms with van der Waals surface area (Å²) in [6.45, 7) is 5.67. The lowest BCUT2D eigenvalue weighted by molar-refractivity contribution is 0.554. The van der Waals surface area contributed by atoms with Gasteiger partial charge in [0.05, 0.1) is 11.2 Å². The molecule has 0 saturated carbocycles. The Morgan fingerprint density at radius 1 is 1.46 bits per heavy atom. The first-order chi connectivity index (χ1) is 5.71. The fourth-order valence-corrected chi connectivity index (χ4v) is 2.24. The fourth-order valence-electron chi connectivity index (χ4n) is 0.719. The maximum Gasteiger partial charge on any atom is 0.343 e. The van der Waals surface area contributed by atoms with Gasteiger partial charge in [0.2, 0.25) is 0 Å². The minimum atomic E-state index is -4.59. The van der Waals surface area contributed by atoms with Gasteiger partial charge in [-0.1, -0.05) is 24.7 Å². The number of aromatic nitrogens is 1. The normalized spacial score (nSPS) is 13.2. The summed E-state index contributed by atoms with van der Waals surface area (Å²) in [5.74, 6) is 0. The third kappa shape index (κ3) is 2.47. The first kappa shape index (κ1) is 10.6. The van der Waals surface area contributed by atoms with Crippen molar-refractivity contribution < 1.29 is 12.3 Å². The van der Waals surface area contributed by atoms with Gasteiger partial charge >= 0.3 is 10.2 Å². The smallest absolute Gasteiger partial charge is 0.248 e. The van der Waals surface area contributed by atoms with Crippen molar-refractivity contribution in [2.75, 3.05) is 0 Å². The summed E-state index contributed by atoms with van der Waals surface area (Å²) in [6.07, 6.45) is 1.06. The molecule has 0 aliphatic rings. The Bertz CT molecular complexity index is 402. The van der Waals surface area contributed by atoms with Crippen LogP contribution in [0.1, 0.15) is 25.8 Å². The van der Waals surface area contributed by atoms with Gasteiger partial charge in [-0.2, -0.15) is 8.42 Å². The van der Waals surface area contributed by atoms with E-state index in [0.717, 1.165) is 17.5 Å². The van der Waals surface area contributed by atoms with Gasteiger partial charge in [0, 0.05) is 5.41 Å². The summed E-state index contributed by atoms with van der Waals surface area (Å²) in [5.41, 5.74) is -0.242. The van der Waals surface area contributed by atoms with Crippen LogP contribution < -0.4 is 0 Å². The highest BCUT2D eigenvalue weighted by Gasteiger charge is 2.22. The predicted octanol–water partition coefficient (Wildman–Crippen LogP) is 2.10. The summed E-state index contributed by atoms with van der Waals surface area (Å²) in [5, 5.41) is 0.615. The van der Waals surface area contributed by atoms with Crippen molar-refractivity contribution in [2.24, 2.45) is 0 Å². The third-order valence-electron chi connectivity index (χ3n) is 1.37. The molecule has 0 unspecified atom stereocenters. The van der Waals surface area contributed by atoms with Crippen LogP contribution in [0.2, 0.25) is 0 Å². The second-order valence-electron chi connectivity index (χ2n) is 3.67. The average molecular weight is 223 g/mol. The number of rotatable bonds is 1. The van der Waals surface area contributed by atoms with Gasteiger partial charge in [-0.3, -0.25) is 0 Å². The van der Waals surface area contributed by atoms with Crippen molar-refractivity contribution in [3.05, 3.63) is 11.2 Å². The molecule has 0 aliphatic carbocycles. The van der Waals surface area contributed by atoms with Crippen LogP contribution in [0, 0.1) is 0 Å². The molecule has 1 aromatic rings. The molecule has 0 radical (unpaired) electrons. The van der Waals surface area contributed by atoms with Crippen molar-refractivity contribution in [3.8, 4) is 0 Å². The van der Waals surface area contributed by atoms with Crippen LogP contribution in [0.4, 0.5) is 3.89 Å². The molecule has 3 nitrogen and oxygen atoms in total. The molecular formula is C7H10FNO2S2. The van der Waals surface area contributed by atoms with Gasteiger partial charge in [0.15, 0.2) is 4.21 Å². The van der Waals surface area contributed by atoms with Crippen LogP contribution in [-0.2, 0) is 15.6 Å². The Hall–Kier alpha value is -0.490. The second kappa shape index (κ2) is 3.02. The van der Waals surface area contributed by atoms with E-state index in [9.17, 15) is 12.3 Å². The van der Waals surface area contributed by atoms with Crippen molar-refractivity contribution in [3.63, 3.8) is 0 Å². The number of halogens is 1. The van der Waals surface area contributed by atoms with E-state index in [1.165, 1.54) is 0 Å². The van der Waals surface area contributed by atoms with Crippen molar-refractivity contribution in [2.45, 2.75) is 30.4 Å². The van der Waals surface area contributed by atoms with E-state index < -0.39 is 10.2 Å². The fraction of sp³-hybridized carbons (Fsp3) is 0.571. The standard InChI is InChI=1S/C7H10FNO2S2/c1-7(2,3)6-9-4-5(12-6)13(8,10)11/h4H,1-3H3. The SMILES string of the molecule is CC(C)(C)c1ncc(S(=O)(=O)F)s1. The van der Waals surface area contributed by atoms with Gasteiger partial charge in [0.25, 0.3) is 0 Å². The second-order valence-corrected chi connectivity index (χ2v) is 6.28. The number of thiazole rings is 1. The minimum Gasteiger partial charge on any atom is -0.248 e. The molecule has 0 atom stereocenters. The molecule has 13 heavy (non-hydrogen) atoms. The molecule has 1 heterocycles. The highest BCUT2D eigenvalue weighted by molar-refractivity contribution is 7.88. The van der Waals surface area contributed by atoms with Crippen LogP contribution >= 0.6 is 11.3 Å². The Morgan fingerprint density at radius 3 is 2.23 bits per heavy atom. The summed E-state index contributed by atoms with van der Waals surface area (Å²) in [6, 6.07) is 0. The third-order valence-corrected chi connectivity index (χ3v) is 4.02. The van der Waals surface area contributed by atoms with Crippen molar-refractivity contribution in [1.29, 1.82) is 0 Å². The topological polar surface area (TPSA) is 47.0 Å². The highest BCUT2D eigenvalue weighted by Crippen LogP contribution is 2.29. The number of nitrogens with zero attached hydrogens (tertiary/aromatic N) is 1. The summed E-state index contributed by atoms with van der Waals surface area (Å²) >= 11 is 0.873. The Kier molecular flexibility index (Phi) is 2.46. The molecule has 1 aromatic heterocycles. The summed E-state index contributed by atoms with van der Waals surface area (Å²) in [4.78, 5) is 3.85. The molecule has 0 spiro atoms. The lowest BCUT2D eigenvalue weighted by Gasteiger charge is -2.13. The first-order valence-corrected chi connectivity index (χ1v) is 5.82. The lowest BCUT2D eigenvalue weighted by atomic mass is 9.98. The molecule has 0 N–H and O–H groups in total. The zero-order valence-corrected chi connectivity index (χ0v) is 9.17. The van der Waals surface area contributed by atoms with Crippen LogP contribution in [0.15, 0.2) is 10.4 Å². The average Bonchev–Trinajstić information content (AvgIpc) is 2.28. The monoisotopic (exact) mass is 223 g/mol. The molecule has 0 aliphatic heterocycles. The lowest BCUT2D eigenvalue weighted by Crippen LogP contribution is -2.09. The van der Waals surface area contributed by atoms with Gasteiger partial charge in [-0.15, -0.1) is 11.3 Å². The van der Waals surface area contributed by atoms with Gasteiger partial charge in [-0.05, 0) is 0 Å². The summed E-state index contributed by atoms with van der Waals surface area (Å²) < 4.78 is 33.1. The maximum atomic E-state index is 12.5. The van der Waals surface area contributed by atoms with E-state index in [1.807, 2.05) is 20.8 Å². The number of hydrogen-bond acceptors (Lipinski definition) is 4. The first-order valence-electron chi connectivity index (χ1n) is 3.62. The molecule has 0 aromatic carbocycles. The van der Waals surface area contributed by atoms with E-state index in [4.69, 9.17) is 0 Å². The maximum absolute atomic E-state index is 12.5. The molecule has 1 rings (SSSR count). The molecule has 6 heteroatoms. The van der Waals surface area contributed by atoms with Crippen LogP contribution in [0.3, 0.4) is 0 Å². The minimum absolute atomic E-state index is 0.242. The van der Waals surface area contributed by atoms with E-state index in [1.54, 1.807) is 0 Å². The number of hydrogen-bond donors (Lipinski definition) is 0. The summed E-state index contributed by atoms with van der Waals surface area (Å²) in [7, 11) is -4.59. The van der Waals surface area contributed by atoms with E-state index in [-0.39, 0.29) is 9.62 Å². The largest absolute Gasteiger partial charge is 0.343 e. The highest BCUT2D eigenvalue weighted by atomic mass is 32.3. The van der Waals surface area contributed by atoms with Crippen molar-refractivity contribution >= 4 is 21.6 Å². The van der Waals surface area contributed by atoms with Crippen molar-refractivity contribution in [1.82, 2.24) is 4.98 Å². The van der Waals surface area contributed by atoms with Crippen LogP contribution in [-0.4, -0.2) is 13.4 Å². The van der Waals surface area contributed by atoms with Crippen LogP contribution in [0.5, 0.6) is 0 Å². The Morgan fingerprint density at radius 2 is 2.00 bits per heavy atom. The molecule has 0 bridgehead atoms. The quantitative estimate of drug-likeness (QED) is 0.685. The molecule has 74 valence electrons. The van der Waals surface area contributed by atoms with E-state index in [0.29, 0.717) is 5.01 Å². The zero-order chi connectivity index (χ0) is 10.3. The zero-order valence-electron chi connectivity index (χ0n) is 7.54. The van der Waals surface area contributed by atoms with Gasteiger partial charge < -0.3 is 0 Å². The molecule has 0 amide bonds. The predicted molar refractivity (Wildman–Crippen MR) is 49.1 cm³/mol. The van der Waals surface area contributed by atoms with Crippen LogP contribution in [0.25, 0.3) is 0 Å². The van der Waals surface area contributed by atoms with E-state index in [2.05, 4.69) is 4.98 Å². The van der Waals surface area contributed by atoms with E-state index >= 15 is 0 Å². The molecule has 0 fully saturated rings.